The minimum absolute atomic E-state index is 0.0482. The number of sulfonamides is 1. The van der Waals surface area contributed by atoms with E-state index in [1.54, 1.807) is 24.3 Å². The third-order valence-electron chi connectivity index (χ3n) is 2.59. The number of halogens is 1. The first-order chi connectivity index (χ1) is 9.34. The van der Waals surface area contributed by atoms with Gasteiger partial charge >= 0.3 is 0 Å². The molecule has 3 N–H and O–H groups in total. The van der Waals surface area contributed by atoms with E-state index >= 15 is 0 Å². The van der Waals surface area contributed by atoms with E-state index in [1.807, 2.05) is 4.72 Å². The highest BCUT2D eigenvalue weighted by Gasteiger charge is 2.23. The van der Waals surface area contributed by atoms with Crippen LogP contribution < -0.4 is 4.72 Å². The van der Waals surface area contributed by atoms with Crippen molar-refractivity contribution in [2.45, 2.75) is 6.92 Å². The molecule has 0 saturated heterocycles. The molecule has 1 heterocycles. The van der Waals surface area contributed by atoms with Crippen LogP contribution in [-0.2, 0) is 10.0 Å². The molecule has 0 saturated carbocycles. The van der Waals surface area contributed by atoms with Gasteiger partial charge < -0.3 is 14.6 Å². The van der Waals surface area contributed by atoms with Gasteiger partial charge in [0, 0.05) is 10.6 Å². The maximum atomic E-state index is 11.4. The van der Waals surface area contributed by atoms with Crippen molar-refractivity contribution < 1.29 is 23.0 Å². The van der Waals surface area contributed by atoms with E-state index in [0.717, 1.165) is 0 Å². The molecule has 0 bridgehead atoms. The number of hydrogen-bond acceptors (Lipinski definition) is 5. The Morgan fingerprint density at radius 3 is 2.35 bits per heavy atom. The van der Waals surface area contributed by atoms with Crippen molar-refractivity contribution in [3.8, 4) is 22.8 Å². The molecule has 108 valence electrons. The van der Waals surface area contributed by atoms with E-state index in [9.17, 15) is 18.6 Å². The molecule has 8 heteroatoms. The fourth-order valence-electron chi connectivity index (χ4n) is 1.49. The van der Waals surface area contributed by atoms with Crippen molar-refractivity contribution in [2.24, 2.45) is 0 Å². The number of hydrogen-bond donors (Lipinski definition) is 3. The first-order valence-electron chi connectivity index (χ1n) is 5.65. The van der Waals surface area contributed by atoms with Crippen LogP contribution in [0.15, 0.2) is 28.7 Å². The third kappa shape index (κ3) is 2.83. The Labute approximate surface area is 120 Å². The van der Waals surface area contributed by atoms with E-state index < -0.39 is 27.4 Å². The molecule has 2 rings (SSSR count). The van der Waals surface area contributed by atoms with Gasteiger partial charge in [-0.2, -0.15) is 0 Å². The van der Waals surface area contributed by atoms with Crippen LogP contribution in [0, 0.1) is 0 Å². The summed E-state index contributed by atoms with van der Waals surface area (Å²) in [5.74, 6) is -1.86. The SMILES string of the molecule is CCS(=O)(=O)Nc1oc(-c2ccc(Cl)cc2)c(O)c1O. The zero-order valence-electron chi connectivity index (χ0n) is 10.4. The fourth-order valence-corrected chi connectivity index (χ4v) is 2.18. The van der Waals surface area contributed by atoms with Crippen LogP contribution in [0.3, 0.4) is 0 Å². The second-order valence-corrected chi connectivity index (χ2v) is 6.42. The summed E-state index contributed by atoms with van der Waals surface area (Å²) in [7, 11) is -3.62. The summed E-state index contributed by atoms with van der Waals surface area (Å²) in [5, 5.41) is 20.0. The van der Waals surface area contributed by atoms with Crippen LogP contribution >= 0.6 is 11.6 Å². The second-order valence-electron chi connectivity index (χ2n) is 3.97. The quantitative estimate of drug-likeness (QED) is 0.805. The smallest absolute Gasteiger partial charge is 0.253 e. The normalized spacial score (nSPS) is 11.5. The molecular weight excluding hydrogens is 306 g/mol. The van der Waals surface area contributed by atoms with Gasteiger partial charge in [0.1, 0.15) is 0 Å². The number of aromatic hydroxyl groups is 2. The molecule has 0 amide bonds. The molecule has 1 aromatic carbocycles. The third-order valence-corrected chi connectivity index (χ3v) is 4.10. The number of anilines is 1. The summed E-state index contributed by atoms with van der Waals surface area (Å²) in [6.07, 6.45) is 0. The highest BCUT2D eigenvalue weighted by atomic mass is 35.5. The van der Waals surface area contributed by atoms with Gasteiger partial charge in [0.15, 0.2) is 5.76 Å². The predicted octanol–water partition coefficient (Wildman–Crippen LogP) is 2.77. The monoisotopic (exact) mass is 317 g/mol. The molecule has 0 fully saturated rings. The average molecular weight is 318 g/mol. The lowest BCUT2D eigenvalue weighted by molar-refractivity contribution is 0.410. The van der Waals surface area contributed by atoms with Gasteiger partial charge in [0.05, 0.1) is 5.75 Å². The van der Waals surface area contributed by atoms with Crippen molar-refractivity contribution in [3.05, 3.63) is 29.3 Å². The van der Waals surface area contributed by atoms with Crippen molar-refractivity contribution >= 4 is 27.5 Å². The lowest BCUT2D eigenvalue weighted by Gasteiger charge is -2.01. The molecule has 2 aromatic rings. The van der Waals surface area contributed by atoms with Gasteiger partial charge in [-0.15, -0.1) is 0 Å². The van der Waals surface area contributed by atoms with Crippen LogP contribution in [0.4, 0.5) is 5.88 Å². The molecule has 0 spiro atoms. The van der Waals surface area contributed by atoms with E-state index in [-0.39, 0.29) is 11.5 Å². The highest BCUT2D eigenvalue weighted by Crippen LogP contribution is 2.45. The van der Waals surface area contributed by atoms with Gasteiger partial charge in [-0.25, -0.2) is 13.1 Å². The summed E-state index contributed by atoms with van der Waals surface area (Å²) < 4.78 is 30.1. The zero-order chi connectivity index (χ0) is 14.9. The summed E-state index contributed by atoms with van der Waals surface area (Å²) >= 11 is 5.75. The van der Waals surface area contributed by atoms with Crippen LogP contribution in [0.1, 0.15) is 6.92 Å². The second kappa shape index (κ2) is 5.26. The minimum Gasteiger partial charge on any atom is -0.502 e. The van der Waals surface area contributed by atoms with Gasteiger partial charge in [-0.05, 0) is 31.2 Å². The zero-order valence-corrected chi connectivity index (χ0v) is 12.0. The molecule has 6 nitrogen and oxygen atoms in total. The average Bonchev–Trinajstić information content (AvgIpc) is 2.68. The Morgan fingerprint density at radius 1 is 1.20 bits per heavy atom. The van der Waals surface area contributed by atoms with Gasteiger partial charge in [0.25, 0.3) is 5.88 Å². The van der Waals surface area contributed by atoms with Crippen molar-refractivity contribution in [3.63, 3.8) is 0 Å². The van der Waals surface area contributed by atoms with E-state index in [2.05, 4.69) is 0 Å². The van der Waals surface area contributed by atoms with Crippen LogP contribution in [0.25, 0.3) is 11.3 Å². The Hall–Kier alpha value is -1.86. The number of furan rings is 1. The summed E-state index contributed by atoms with van der Waals surface area (Å²) in [6.45, 7) is 1.43. The molecule has 20 heavy (non-hydrogen) atoms. The van der Waals surface area contributed by atoms with E-state index in [1.165, 1.54) is 6.92 Å². The number of benzene rings is 1. The van der Waals surface area contributed by atoms with Gasteiger partial charge in [-0.1, -0.05) is 11.6 Å². The first kappa shape index (κ1) is 14.5. The largest absolute Gasteiger partial charge is 0.502 e. The Bertz CT molecular complexity index is 721. The summed E-state index contributed by atoms with van der Waals surface area (Å²) in [4.78, 5) is 0. The van der Waals surface area contributed by atoms with Gasteiger partial charge in [0.2, 0.25) is 21.5 Å². The summed E-state index contributed by atoms with van der Waals surface area (Å²) in [6, 6.07) is 6.29. The molecule has 1 aromatic heterocycles. The topological polar surface area (TPSA) is 99.8 Å². The molecule has 0 unspecified atom stereocenters. The molecular formula is C12H12ClNO5S. The van der Waals surface area contributed by atoms with Crippen molar-refractivity contribution in [2.75, 3.05) is 10.5 Å². The standard InChI is InChI=1S/C12H12ClNO5S/c1-2-20(17,18)14-12-10(16)9(15)11(19-12)7-3-5-8(13)6-4-7/h3-6,14-16H,2H2,1H3. The number of nitrogens with one attached hydrogen (secondary N) is 1. The van der Waals surface area contributed by atoms with Crippen LogP contribution in [-0.4, -0.2) is 24.4 Å². The van der Waals surface area contributed by atoms with Crippen LogP contribution in [0.2, 0.25) is 5.02 Å². The summed E-state index contributed by atoms with van der Waals surface area (Å²) in [5.41, 5.74) is 0.448. The van der Waals surface area contributed by atoms with Crippen LogP contribution in [0.5, 0.6) is 11.5 Å². The fraction of sp³-hybridized carbons (Fsp3) is 0.167. The molecule has 0 aliphatic carbocycles. The minimum atomic E-state index is -3.62. The Morgan fingerprint density at radius 2 is 1.80 bits per heavy atom. The molecule has 0 radical (unpaired) electrons. The maximum absolute atomic E-state index is 11.4. The van der Waals surface area contributed by atoms with Crippen molar-refractivity contribution in [1.82, 2.24) is 0 Å². The van der Waals surface area contributed by atoms with Gasteiger partial charge in [-0.3, -0.25) is 0 Å². The molecule has 0 aliphatic heterocycles. The van der Waals surface area contributed by atoms with E-state index in [4.69, 9.17) is 16.0 Å². The highest BCUT2D eigenvalue weighted by molar-refractivity contribution is 7.92. The lowest BCUT2D eigenvalue weighted by atomic mass is 10.1. The predicted molar refractivity (Wildman–Crippen MR) is 75.6 cm³/mol. The van der Waals surface area contributed by atoms with Crippen molar-refractivity contribution in [1.29, 1.82) is 0 Å². The Kier molecular flexibility index (Phi) is 3.82. The molecule has 0 aliphatic rings. The lowest BCUT2D eigenvalue weighted by Crippen LogP contribution is -2.14. The first-order valence-corrected chi connectivity index (χ1v) is 7.68. The Balaban J connectivity index is 2.45. The molecule has 0 atom stereocenters. The maximum Gasteiger partial charge on any atom is 0.253 e. The van der Waals surface area contributed by atoms with E-state index in [0.29, 0.717) is 10.6 Å². The number of rotatable bonds is 4.